The molecule has 0 aliphatic rings. The summed E-state index contributed by atoms with van der Waals surface area (Å²) in [4.78, 5) is 12.7. The number of hydrogen-bond donors (Lipinski definition) is 2. The average molecular weight is 455 g/mol. The van der Waals surface area contributed by atoms with Gasteiger partial charge in [0.2, 0.25) is 0 Å². The van der Waals surface area contributed by atoms with Crippen molar-refractivity contribution in [1.29, 1.82) is 0 Å². The number of amides is 1. The molecule has 0 radical (unpaired) electrons. The Balaban J connectivity index is 1.61. The molecular formula is C32H26N2O. The number of benzene rings is 5. The van der Waals surface area contributed by atoms with Gasteiger partial charge in [-0.15, -0.1) is 0 Å². The minimum absolute atomic E-state index is 0.168. The van der Waals surface area contributed by atoms with Crippen LogP contribution in [0.15, 0.2) is 140 Å². The highest BCUT2D eigenvalue weighted by Gasteiger charge is 2.38. The number of carbonyl (C=O) groups excluding carboxylic acids is 1. The molecule has 0 heterocycles. The number of nitrogen functional groups attached to an aromatic ring is 1. The van der Waals surface area contributed by atoms with Crippen molar-refractivity contribution in [3.63, 3.8) is 0 Å². The standard InChI is InChI=1S/C32H26N2O/c33-29-20-16-24(17-21-29)31(35)34-30-22-18-28(19-23-30)32(25-10-4-1-5-11-25,26-12-6-2-7-13-26)27-14-8-3-9-15-27/h1-23H,33H2,(H,34,35). The summed E-state index contributed by atoms with van der Waals surface area (Å²) in [7, 11) is 0. The maximum Gasteiger partial charge on any atom is 0.255 e. The maximum absolute atomic E-state index is 12.7. The molecule has 0 bridgehead atoms. The van der Waals surface area contributed by atoms with Gasteiger partial charge < -0.3 is 11.1 Å². The van der Waals surface area contributed by atoms with Gasteiger partial charge in [0.25, 0.3) is 5.91 Å². The fourth-order valence-corrected chi connectivity index (χ4v) is 4.71. The van der Waals surface area contributed by atoms with Crippen LogP contribution in [-0.4, -0.2) is 5.91 Å². The summed E-state index contributed by atoms with van der Waals surface area (Å²) in [5, 5.41) is 3.00. The van der Waals surface area contributed by atoms with E-state index in [0.29, 0.717) is 11.3 Å². The van der Waals surface area contributed by atoms with Crippen LogP contribution in [0.5, 0.6) is 0 Å². The molecule has 3 N–H and O–H groups in total. The minimum Gasteiger partial charge on any atom is -0.399 e. The molecule has 5 aromatic rings. The van der Waals surface area contributed by atoms with E-state index in [-0.39, 0.29) is 5.91 Å². The highest BCUT2D eigenvalue weighted by Crippen LogP contribution is 2.45. The maximum atomic E-state index is 12.7. The Kier molecular flexibility index (Phi) is 6.15. The predicted octanol–water partition coefficient (Wildman–Crippen LogP) is 6.90. The van der Waals surface area contributed by atoms with Crippen molar-refractivity contribution < 1.29 is 4.79 Å². The van der Waals surface area contributed by atoms with Crippen LogP contribution in [0.2, 0.25) is 0 Å². The summed E-state index contributed by atoms with van der Waals surface area (Å²) in [5.41, 5.74) is 11.8. The number of carbonyl (C=O) groups is 1. The lowest BCUT2D eigenvalue weighted by Crippen LogP contribution is -2.31. The van der Waals surface area contributed by atoms with E-state index in [4.69, 9.17) is 5.73 Å². The Morgan fingerprint density at radius 3 is 1.34 bits per heavy atom. The SMILES string of the molecule is Nc1ccc(C(=O)Nc2ccc(C(c3ccccc3)(c3ccccc3)c3ccccc3)cc2)cc1. The first-order valence-corrected chi connectivity index (χ1v) is 11.6. The third-order valence-electron chi connectivity index (χ3n) is 6.37. The second kappa shape index (κ2) is 9.70. The van der Waals surface area contributed by atoms with E-state index in [2.05, 4.69) is 90.2 Å². The molecule has 0 aliphatic carbocycles. The van der Waals surface area contributed by atoms with Gasteiger partial charge in [0, 0.05) is 16.9 Å². The molecule has 0 spiro atoms. The zero-order valence-electron chi connectivity index (χ0n) is 19.3. The Bertz CT molecular complexity index is 1300. The van der Waals surface area contributed by atoms with Crippen molar-refractivity contribution >= 4 is 17.3 Å². The molecule has 0 fully saturated rings. The Labute approximate surface area is 205 Å². The van der Waals surface area contributed by atoms with Gasteiger partial charge in [0.15, 0.2) is 0 Å². The van der Waals surface area contributed by atoms with Crippen LogP contribution >= 0.6 is 0 Å². The van der Waals surface area contributed by atoms with Crippen LogP contribution < -0.4 is 11.1 Å². The third kappa shape index (κ3) is 4.32. The van der Waals surface area contributed by atoms with E-state index >= 15 is 0 Å². The number of nitrogens with one attached hydrogen (secondary N) is 1. The van der Waals surface area contributed by atoms with E-state index in [1.165, 1.54) is 16.7 Å². The van der Waals surface area contributed by atoms with Gasteiger partial charge in [-0.05, 0) is 58.7 Å². The molecule has 3 nitrogen and oxygen atoms in total. The second-order valence-electron chi connectivity index (χ2n) is 8.50. The highest BCUT2D eigenvalue weighted by atomic mass is 16.1. The minimum atomic E-state index is -0.511. The summed E-state index contributed by atoms with van der Waals surface area (Å²) < 4.78 is 0. The number of anilines is 2. The van der Waals surface area contributed by atoms with Crippen molar-refractivity contribution in [3.05, 3.63) is 167 Å². The lowest BCUT2D eigenvalue weighted by molar-refractivity contribution is 0.102. The smallest absolute Gasteiger partial charge is 0.255 e. The molecule has 0 unspecified atom stereocenters. The predicted molar refractivity (Wildman–Crippen MR) is 144 cm³/mol. The Hall–Kier alpha value is -4.63. The molecule has 35 heavy (non-hydrogen) atoms. The lowest BCUT2D eigenvalue weighted by Gasteiger charge is -2.37. The molecule has 170 valence electrons. The van der Waals surface area contributed by atoms with E-state index in [0.717, 1.165) is 11.3 Å². The fourth-order valence-electron chi connectivity index (χ4n) is 4.71. The lowest BCUT2D eigenvalue weighted by atomic mass is 9.65. The van der Waals surface area contributed by atoms with Gasteiger partial charge in [0.05, 0.1) is 5.41 Å². The van der Waals surface area contributed by atoms with Gasteiger partial charge in [0.1, 0.15) is 0 Å². The topological polar surface area (TPSA) is 55.1 Å². The van der Waals surface area contributed by atoms with Crippen molar-refractivity contribution in [1.82, 2.24) is 0 Å². The quantitative estimate of drug-likeness (QED) is 0.216. The summed E-state index contributed by atoms with van der Waals surface area (Å²) >= 11 is 0. The zero-order chi connectivity index (χ0) is 24.1. The monoisotopic (exact) mass is 454 g/mol. The third-order valence-corrected chi connectivity index (χ3v) is 6.37. The van der Waals surface area contributed by atoms with E-state index in [1.807, 2.05) is 30.3 Å². The van der Waals surface area contributed by atoms with E-state index < -0.39 is 5.41 Å². The van der Waals surface area contributed by atoms with Crippen LogP contribution in [0, 0.1) is 0 Å². The first-order valence-electron chi connectivity index (χ1n) is 11.6. The molecule has 3 heteroatoms. The summed E-state index contributed by atoms with van der Waals surface area (Å²) in [6, 6.07) is 46.7. The van der Waals surface area contributed by atoms with Crippen molar-refractivity contribution in [3.8, 4) is 0 Å². The van der Waals surface area contributed by atoms with Gasteiger partial charge in [-0.3, -0.25) is 4.79 Å². The van der Waals surface area contributed by atoms with Crippen LogP contribution in [0.3, 0.4) is 0 Å². The second-order valence-corrected chi connectivity index (χ2v) is 8.50. The molecule has 1 amide bonds. The highest BCUT2D eigenvalue weighted by molar-refractivity contribution is 6.04. The molecule has 5 aromatic carbocycles. The molecule has 0 saturated carbocycles. The van der Waals surface area contributed by atoms with Crippen LogP contribution in [-0.2, 0) is 5.41 Å². The number of hydrogen-bond acceptors (Lipinski definition) is 2. The summed E-state index contributed by atoms with van der Waals surface area (Å²) in [6.07, 6.45) is 0. The molecular weight excluding hydrogens is 428 g/mol. The molecule has 0 aromatic heterocycles. The number of rotatable bonds is 6. The molecule has 0 atom stereocenters. The van der Waals surface area contributed by atoms with Crippen molar-refractivity contribution in [2.24, 2.45) is 0 Å². The first-order chi connectivity index (χ1) is 17.2. The van der Waals surface area contributed by atoms with Crippen LogP contribution in [0.4, 0.5) is 11.4 Å². The van der Waals surface area contributed by atoms with E-state index in [1.54, 1.807) is 24.3 Å². The normalized spacial score (nSPS) is 11.1. The Morgan fingerprint density at radius 1 is 0.514 bits per heavy atom. The van der Waals surface area contributed by atoms with Gasteiger partial charge in [-0.2, -0.15) is 0 Å². The molecule has 0 saturated heterocycles. The average Bonchev–Trinajstić information content (AvgIpc) is 2.92. The first kappa shape index (κ1) is 22.2. The number of nitrogens with two attached hydrogens (primary N) is 1. The van der Waals surface area contributed by atoms with Crippen molar-refractivity contribution in [2.75, 3.05) is 11.1 Å². The van der Waals surface area contributed by atoms with Gasteiger partial charge in [-0.25, -0.2) is 0 Å². The molecule has 0 aliphatic heterocycles. The zero-order valence-corrected chi connectivity index (χ0v) is 19.3. The van der Waals surface area contributed by atoms with Gasteiger partial charge >= 0.3 is 0 Å². The summed E-state index contributed by atoms with van der Waals surface area (Å²) in [6.45, 7) is 0. The fraction of sp³-hybridized carbons (Fsp3) is 0.0312. The summed E-state index contributed by atoms with van der Waals surface area (Å²) in [5.74, 6) is -0.168. The van der Waals surface area contributed by atoms with Crippen LogP contribution in [0.25, 0.3) is 0 Å². The Morgan fingerprint density at radius 2 is 0.914 bits per heavy atom. The van der Waals surface area contributed by atoms with Crippen molar-refractivity contribution in [2.45, 2.75) is 5.41 Å². The van der Waals surface area contributed by atoms with Gasteiger partial charge in [-0.1, -0.05) is 103 Å². The molecule has 5 rings (SSSR count). The largest absolute Gasteiger partial charge is 0.399 e. The van der Waals surface area contributed by atoms with Crippen LogP contribution in [0.1, 0.15) is 32.6 Å². The van der Waals surface area contributed by atoms with E-state index in [9.17, 15) is 4.79 Å².